The van der Waals surface area contributed by atoms with Gasteiger partial charge in [-0.05, 0) is 35.4 Å². The molecule has 2 aromatic heterocycles. The first-order chi connectivity index (χ1) is 6.60. The van der Waals surface area contributed by atoms with Crippen molar-refractivity contribution in [1.29, 1.82) is 0 Å². The first-order valence-corrected chi connectivity index (χ1v) is 7.19. The first-order valence-electron chi connectivity index (χ1n) is 3.94. The Bertz CT molecular complexity index is 520. The highest BCUT2D eigenvalue weighted by Crippen LogP contribution is 2.29. The van der Waals surface area contributed by atoms with Crippen molar-refractivity contribution in [2.75, 3.05) is 0 Å². The van der Waals surface area contributed by atoms with E-state index < -0.39 is 9.84 Å². The van der Waals surface area contributed by atoms with Crippen LogP contribution in [-0.4, -0.2) is 8.42 Å². The zero-order valence-electron chi connectivity index (χ0n) is 7.43. The number of aryl methyl sites for hydroxylation is 1. The molecule has 0 spiro atoms. The molecule has 0 aliphatic rings. The average Bonchev–Trinajstić information content (AvgIpc) is 2.72. The quantitative estimate of drug-likeness (QED) is 0.814. The second kappa shape index (κ2) is 3.49. The Labute approximate surface area is 90.8 Å². The Morgan fingerprint density at radius 3 is 2.50 bits per heavy atom. The van der Waals surface area contributed by atoms with Gasteiger partial charge in [0, 0.05) is 0 Å². The fourth-order valence-corrected chi connectivity index (χ4v) is 4.95. The van der Waals surface area contributed by atoms with Gasteiger partial charge in [0.25, 0.3) is 0 Å². The lowest BCUT2D eigenvalue weighted by molar-refractivity contribution is 0.600. The van der Waals surface area contributed by atoms with E-state index >= 15 is 0 Å². The molecule has 5 heteroatoms. The minimum Gasteiger partial charge on any atom is -0.217 e. The lowest BCUT2D eigenvalue weighted by Crippen LogP contribution is -1.95. The molecule has 0 saturated carbocycles. The summed E-state index contributed by atoms with van der Waals surface area (Å²) in [5.74, 6) is 0. The molecule has 14 heavy (non-hydrogen) atoms. The van der Waals surface area contributed by atoms with Crippen LogP contribution in [0.5, 0.6) is 0 Å². The minimum absolute atomic E-state index is 0.416. The molecule has 0 aromatic carbocycles. The molecule has 0 amide bonds. The van der Waals surface area contributed by atoms with Gasteiger partial charge in [-0.25, -0.2) is 8.42 Å². The minimum atomic E-state index is -3.24. The van der Waals surface area contributed by atoms with Crippen LogP contribution in [0, 0.1) is 6.92 Å². The van der Waals surface area contributed by atoms with Crippen LogP contribution in [0.1, 0.15) is 5.56 Å². The second-order valence-corrected chi connectivity index (χ2v) is 7.14. The van der Waals surface area contributed by atoms with Gasteiger partial charge in [0.05, 0.1) is 0 Å². The summed E-state index contributed by atoms with van der Waals surface area (Å²) in [6, 6.07) is 5.09. The molecule has 0 saturated heterocycles. The van der Waals surface area contributed by atoms with Gasteiger partial charge in [-0.2, -0.15) is 0 Å². The number of hydrogen-bond acceptors (Lipinski definition) is 4. The Kier molecular flexibility index (Phi) is 2.47. The third-order valence-electron chi connectivity index (χ3n) is 1.73. The summed E-state index contributed by atoms with van der Waals surface area (Å²) in [6.07, 6.45) is 0. The van der Waals surface area contributed by atoms with E-state index in [4.69, 9.17) is 0 Å². The van der Waals surface area contributed by atoms with E-state index in [-0.39, 0.29) is 0 Å². The van der Waals surface area contributed by atoms with Crippen molar-refractivity contribution in [2.45, 2.75) is 15.3 Å². The van der Waals surface area contributed by atoms with E-state index in [2.05, 4.69) is 0 Å². The predicted molar refractivity (Wildman–Crippen MR) is 58.8 cm³/mol. The monoisotopic (exact) mass is 244 g/mol. The van der Waals surface area contributed by atoms with Crippen LogP contribution in [0.3, 0.4) is 0 Å². The van der Waals surface area contributed by atoms with Gasteiger partial charge < -0.3 is 0 Å². The van der Waals surface area contributed by atoms with Crippen molar-refractivity contribution in [1.82, 2.24) is 0 Å². The van der Waals surface area contributed by atoms with Gasteiger partial charge in [-0.15, -0.1) is 22.7 Å². The van der Waals surface area contributed by atoms with Crippen molar-refractivity contribution >= 4 is 32.5 Å². The zero-order valence-corrected chi connectivity index (χ0v) is 9.88. The van der Waals surface area contributed by atoms with Crippen LogP contribution in [0.2, 0.25) is 0 Å². The standard InChI is InChI=1S/C9H8O2S3/c1-7-5-9(13-6-7)14(10,11)8-3-2-4-12-8/h2-6H,1H3. The summed E-state index contributed by atoms with van der Waals surface area (Å²) < 4.78 is 24.7. The Hall–Kier alpha value is -0.650. The fraction of sp³-hybridized carbons (Fsp3) is 0.111. The highest BCUT2D eigenvalue weighted by Gasteiger charge is 2.19. The normalized spacial score (nSPS) is 11.8. The van der Waals surface area contributed by atoms with E-state index in [9.17, 15) is 8.42 Å². The molecular formula is C9H8O2S3. The third kappa shape index (κ3) is 1.63. The molecule has 2 nitrogen and oxygen atoms in total. The molecule has 0 fully saturated rings. The van der Waals surface area contributed by atoms with Crippen molar-refractivity contribution in [3.63, 3.8) is 0 Å². The smallest absolute Gasteiger partial charge is 0.217 e. The fourth-order valence-electron chi connectivity index (χ4n) is 1.06. The van der Waals surface area contributed by atoms with E-state index in [1.54, 1.807) is 23.6 Å². The molecule has 0 atom stereocenters. The number of hydrogen-bond donors (Lipinski definition) is 0. The van der Waals surface area contributed by atoms with Crippen LogP contribution in [-0.2, 0) is 9.84 Å². The van der Waals surface area contributed by atoms with Gasteiger partial charge in [0.2, 0.25) is 9.84 Å². The van der Waals surface area contributed by atoms with Crippen LogP contribution < -0.4 is 0 Å². The summed E-state index contributed by atoms with van der Waals surface area (Å²) >= 11 is 2.53. The topological polar surface area (TPSA) is 34.1 Å². The molecule has 2 aromatic rings. The highest BCUT2D eigenvalue weighted by molar-refractivity contribution is 7.95. The van der Waals surface area contributed by atoms with Gasteiger partial charge in [0.15, 0.2) is 0 Å². The molecule has 0 aliphatic heterocycles. The van der Waals surface area contributed by atoms with E-state index in [0.717, 1.165) is 5.56 Å². The van der Waals surface area contributed by atoms with Crippen molar-refractivity contribution < 1.29 is 8.42 Å². The van der Waals surface area contributed by atoms with Crippen molar-refractivity contribution in [3.8, 4) is 0 Å². The van der Waals surface area contributed by atoms with Gasteiger partial charge in [0.1, 0.15) is 8.42 Å². The molecule has 74 valence electrons. The molecule has 0 radical (unpaired) electrons. The maximum absolute atomic E-state index is 11.9. The lowest BCUT2D eigenvalue weighted by atomic mass is 10.4. The predicted octanol–water partition coefficient (Wildman–Crippen LogP) is 2.95. The van der Waals surface area contributed by atoms with Gasteiger partial charge in [-0.1, -0.05) is 6.07 Å². The Morgan fingerprint density at radius 1 is 1.21 bits per heavy atom. The van der Waals surface area contributed by atoms with Gasteiger partial charge in [-0.3, -0.25) is 0 Å². The van der Waals surface area contributed by atoms with Crippen molar-refractivity contribution in [2.24, 2.45) is 0 Å². The van der Waals surface area contributed by atoms with Crippen LogP contribution in [0.15, 0.2) is 37.4 Å². The number of sulfone groups is 1. The summed E-state index contributed by atoms with van der Waals surface area (Å²) in [6.45, 7) is 1.89. The van der Waals surface area contributed by atoms with Crippen LogP contribution >= 0.6 is 22.7 Å². The average molecular weight is 244 g/mol. The van der Waals surface area contributed by atoms with E-state index in [1.165, 1.54) is 22.7 Å². The Balaban J connectivity index is 2.54. The molecule has 0 aliphatic carbocycles. The number of rotatable bonds is 2. The van der Waals surface area contributed by atoms with Crippen molar-refractivity contribution in [3.05, 3.63) is 34.5 Å². The summed E-state index contributed by atoms with van der Waals surface area (Å²) in [5.41, 5.74) is 0.991. The maximum atomic E-state index is 11.9. The van der Waals surface area contributed by atoms with Gasteiger partial charge >= 0.3 is 0 Å². The third-order valence-corrected chi connectivity index (χ3v) is 6.44. The Morgan fingerprint density at radius 2 is 2.00 bits per heavy atom. The molecule has 0 N–H and O–H groups in total. The largest absolute Gasteiger partial charge is 0.225 e. The van der Waals surface area contributed by atoms with Crippen LogP contribution in [0.4, 0.5) is 0 Å². The van der Waals surface area contributed by atoms with E-state index in [0.29, 0.717) is 8.42 Å². The lowest BCUT2D eigenvalue weighted by Gasteiger charge is -1.95. The SMILES string of the molecule is Cc1csc(S(=O)(=O)c2cccs2)c1. The summed E-state index contributed by atoms with van der Waals surface area (Å²) in [4.78, 5) is 0. The van der Waals surface area contributed by atoms with Crippen LogP contribution in [0.25, 0.3) is 0 Å². The maximum Gasteiger partial charge on any atom is 0.225 e. The highest BCUT2D eigenvalue weighted by atomic mass is 32.3. The summed E-state index contributed by atoms with van der Waals surface area (Å²) in [7, 11) is -3.24. The van der Waals surface area contributed by atoms with E-state index in [1.807, 2.05) is 12.3 Å². The molecule has 2 rings (SSSR count). The molecular weight excluding hydrogens is 236 g/mol. The zero-order chi connectivity index (χ0) is 10.2. The first kappa shape index (κ1) is 9.89. The second-order valence-electron chi connectivity index (χ2n) is 2.88. The molecule has 2 heterocycles. The molecule has 0 unspecified atom stereocenters. The number of thiophene rings is 2. The molecule has 0 bridgehead atoms. The summed E-state index contributed by atoms with van der Waals surface area (Å²) in [5, 5.41) is 3.62.